The third kappa shape index (κ3) is 8.38. The maximum absolute atomic E-state index is 13.6. The lowest BCUT2D eigenvalue weighted by Crippen LogP contribution is -2.52. The van der Waals surface area contributed by atoms with Gasteiger partial charge in [0, 0.05) is 75.9 Å². The molecular weight excluding hydrogens is 642 g/mol. The van der Waals surface area contributed by atoms with Crippen LogP contribution in [-0.4, -0.2) is 127 Å². The topological polar surface area (TPSA) is 85.8 Å². The summed E-state index contributed by atoms with van der Waals surface area (Å²) in [7, 11) is 9.98. The Hall–Kier alpha value is -3.64. The normalized spacial score (nSPS) is 21.1. The lowest BCUT2D eigenvalue weighted by molar-refractivity contribution is -0.137. The number of rotatable bonds is 9. The largest absolute Gasteiger partial charge is 0.494 e. The summed E-state index contributed by atoms with van der Waals surface area (Å²) in [5.74, 6) is 1.42. The monoisotopic (exact) mass is 701 g/mol. The predicted octanol–water partition coefficient (Wildman–Crippen LogP) is 5.36. The Kier molecular flexibility index (Phi) is 11.3. The molecule has 6 rings (SSSR count). The van der Waals surface area contributed by atoms with Crippen molar-refractivity contribution in [2.24, 2.45) is 7.05 Å². The average Bonchev–Trinajstić information content (AvgIpc) is 3.66. The number of nitrogens with one attached hydrogen (secondary N) is 1. The minimum absolute atomic E-state index is 0.0330. The second kappa shape index (κ2) is 15.5. The van der Waals surface area contributed by atoms with Crippen LogP contribution in [0.4, 0.5) is 10.5 Å². The smallest absolute Gasteiger partial charge is 0.418 e. The van der Waals surface area contributed by atoms with Gasteiger partial charge in [0.1, 0.15) is 5.75 Å². The summed E-state index contributed by atoms with van der Waals surface area (Å²) in [4.78, 5) is 38.2. The fraction of sp³-hybridized carbons (Fsp3) is 0.600. The number of fused-ring (bicyclic) bond motifs is 1. The molecule has 0 spiro atoms. The number of likely N-dealkylation sites (tertiary alicyclic amines) is 2. The first-order valence-electron chi connectivity index (χ1n) is 18.7. The Balaban J connectivity index is 1.15. The fourth-order valence-electron chi connectivity index (χ4n) is 8.14. The van der Waals surface area contributed by atoms with Gasteiger partial charge in [-0.1, -0.05) is 45.0 Å². The molecule has 2 atom stereocenters. The first-order valence-corrected chi connectivity index (χ1v) is 18.7. The molecule has 0 bridgehead atoms. The molecule has 3 saturated heterocycles. The summed E-state index contributed by atoms with van der Waals surface area (Å²) in [6.07, 6.45) is 3.86. The van der Waals surface area contributed by atoms with Crippen LogP contribution in [0.15, 0.2) is 36.4 Å². The molecule has 278 valence electrons. The first kappa shape index (κ1) is 37.1. The van der Waals surface area contributed by atoms with E-state index in [1.807, 2.05) is 28.6 Å². The summed E-state index contributed by atoms with van der Waals surface area (Å²) >= 11 is 0. The minimum atomic E-state index is -0.558. The van der Waals surface area contributed by atoms with Gasteiger partial charge in [0.25, 0.3) is 0 Å². The Morgan fingerprint density at radius 2 is 1.63 bits per heavy atom. The van der Waals surface area contributed by atoms with Crippen LogP contribution in [0.3, 0.4) is 0 Å². The molecule has 0 radical (unpaired) electrons. The second-order valence-electron chi connectivity index (χ2n) is 16.1. The molecule has 11 nitrogen and oxygen atoms in total. The molecule has 1 unspecified atom stereocenters. The third-order valence-corrected chi connectivity index (χ3v) is 11.3. The van der Waals surface area contributed by atoms with E-state index < -0.39 is 6.09 Å². The number of benzene rings is 2. The van der Waals surface area contributed by atoms with Crippen LogP contribution in [0.25, 0.3) is 10.9 Å². The Bertz CT molecular complexity index is 1700. The van der Waals surface area contributed by atoms with E-state index in [0.717, 1.165) is 100 Å². The number of ether oxygens (including phenoxy) is 2. The van der Waals surface area contributed by atoms with Gasteiger partial charge in [0.2, 0.25) is 11.8 Å². The van der Waals surface area contributed by atoms with E-state index in [-0.39, 0.29) is 17.4 Å². The number of hydrogen-bond acceptors (Lipinski definition) is 8. The van der Waals surface area contributed by atoms with Crippen LogP contribution < -0.4 is 14.8 Å². The van der Waals surface area contributed by atoms with Gasteiger partial charge in [-0.2, -0.15) is 0 Å². The van der Waals surface area contributed by atoms with Gasteiger partial charge >= 0.3 is 6.09 Å². The number of likely N-dealkylation sites (N-methyl/N-ethyl adjacent to an activating group) is 2. The molecule has 2 aromatic carbocycles. The Morgan fingerprint density at radius 3 is 2.29 bits per heavy atom. The molecule has 1 aromatic heterocycles. The molecule has 1 N–H and O–H groups in total. The maximum atomic E-state index is 13.6. The number of carbonyl (C=O) groups excluding carboxylic acids is 2. The number of hydrogen-bond donors (Lipinski definition) is 1. The SMILES string of the molecule is COc1c(CN2CCCC(N(C)C)C2)cc(C(C)(C)C)cc1NC(=O)Oc1cc2cccc(CN3CCN(C(=O)[C@@H]4CCCN4C)CC3)c2n1C. The van der Waals surface area contributed by atoms with Crippen molar-refractivity contribution in [2.75, 3.05) is 79.4 Å². The number of piperazine rings is 1. The Labute approximate surface area is 304 Å². The standard InChI is InChI=1S/C40H59N7O4/c1-40(2,3)31-22-30(26-46-17-10-14-32(27-46)42(4)5)37(50-8)33(24-31)41-39(49)51-35-23-28-12-9-13-29(36(28)44(35)7)25-45-18-20-47(21-19-45)38(48)34-15-11-16-43(34)6/h9,12-13,22-24,32,34H,10-11,14-21,25-27H2,1-8H3,(H,41,49)/t32?,34-/m0/s1. The first-order chi connectivity index (χ1) is 24.3. The molecule has 3 aromatic rings. The number of carbonyl (C=O) groups is 2. The zero-order valence-corrected chi connectivity index (χ0v) is 32.1. The zero-order valence-electron chi connectivity index (χ0n) is 32.1. The van der Waals surface area contributed by atoms with Crippen molar-refractivity contribution in [3.8, 4) is 11.6 Å². The molecule has 51 heavy (non-hydrogen) atoms. The third-order valence-electron chi connectivity index (χ3n) is 11.3. The van der Waals surface area contributed by atoms with Crippen molar-refractivity contribution < 1.29 is 19.1 Å². The van der Waals surface area contributed by atoms with Gasteiger partial charge in [-0.25, -0.2) is 4.79 Å². The van der Waals surface area contributed by atoms with Gasteiger partial charge in [-0.3, -0.25) is 24.8 Å². The zero-order chi connectivity index (χ0) is 36.4. The number of piperidine rings is 1. The summed E-state index contributed by atoms with van der Waals surface area (Å²) in [6.45, 7) is 14.3. The summed E-state index contributed by atoms with van der Waals surface area (Å²) in [6, 6.07) is 13.0. The van der Waals surface area contributed by atoms with Crippen molar-refractivity contribution >= 4 is 28.6 Å². The molecule has 11 heteroatoms. The molecule has 0 saturated carbocycles. The molecule has 4 heterocycles. The number of amides is 2. The van der Waals surface area contributed by atoms with Gasteiger partial charge in [0.05, 0.1) is 24.4 Å². The van der Waals surface area contributed by atoms with Gasteiger partial charge in [-0.15, -0.1) is 0 Å². The van der Waals surface area contributed by atoms with E-state index in [1.54, 1.807) is 7.11 Å². The van der Waals surface area contributed by atoms with Gasteiger partial charge in [-0.05, 0) is 82.5 Å². The van der Waals surface area contributed by atoms with Crippen molar-refractivity contribution in [1.82, 2.24) is 29.1 Å². The molecule has 0 aliphatic carbocycles. The summed E-state index contributed by atoms with van der Waals surface area (Å²) in [5, 5.41) is 4.06. The molecule has 3 aliphatic rings. The van der Waals surface area contributed by atoms with E-state index in [2.05, 4.69) is 91.1 Å². The van der Waals surface area contributed by atoms with Crippen molar-refractivity contribution in [2.45, 2.75) is 77.0 Å². The highest BCUT2D eigenvalue weighted by Gasteiger charge is 2.33. The van der Waals surface area contributed by atoms with Crippen LogP contribution in [0.5, 0.6) is 11.6 Å². The number of aryl methyl sites for hydroxylation is 1. The Morgan fingerprint density at radius 1 is 0.902 bits per heavy atom. The van der Waals surface area contributed by atoms with Gasteiger partial charge in [0.15, 0.2) is 0 Å². The predicted molar refractivity (Wildman–Crippen MR) is 204 cm³/mol. The highest BCUT2D eigenvalue weighted by atomic mass is 16.6. The van der Waals surface area contributed by atoms with Crippen molar-refractivity contribution in [3.05, 3.63) is 53.1 Å². The van der Waals surface area contributed by atoms with Crippen LogP contribution in [0.2, 0.25) is 0 Å². The van der Waals surface area contributed by atoms with E-state index >= 15 is 0 Å². The lowest BCUT2D eigenvalue weighted by atomic mass is 9.85. The molecule has 2 amide bonds. The molecule has 3 aliphatic heterocycles. The van der Waals surface area contributed by atoms with E-state index in [4.69, 9.17) is 9.47 Å². The second-order valence-corrected chi connectivity index (χ2v) is 16.1. The number of para-hydroxylation sites is 1. The van der Waals surface area contributed by atoms with E-state index in [9.17, 15) is 9.59 Å². The molecular formula is C40H59N7O4. The highest BCUT2D eigenvalue weighted by molar-refractivity contribution is 5.91. The van der Waals surface area contributed by atoms with Gasteiger partial charge < -0.3 is 23.8 Å². The van der Waals surface area contributed by atoms with Crippen LogP contribution in [-0.2, 0) is 30.3 Å². The minimum Gasteiger partial charge on any atom is -0.494 e. The number of aromatic nitrogens is 1. The molecule has 3 fully saturated rings. The number of methoxy groups -OCH3 is 1. The fourth-order valence-corrected chi connectivity index (χ4v) is 8.14. The average molecular weight is 702 g/mol. The number of anilines is 1. The van der Waals surface area contributed by atoms with Crippen molar-refractivity contribution in [3.63, 3.8) is 0 Å². The van der Waals surface area contributed by atoms with E-state index in [1.165, 1.54) is 12.0 Å². The number of nitrogens with zero attached hydrogens (tertiary/aromatic N) is 6. The van der Waals surface area contributed by atoms with Crippen molar-refractivity contribution in [1.29, 1.82) is 0 Å². The van der Waals surface area contributed by atoms with Crippen LogP contribution in [0.1, 0.15) is 63.1 Å². The van der Waals surface area contributed by atoms with Crippen LogP contribution >= 0.6 is 0 Å². The summed E-state index contributed by atoms with van der Waals surface area (Å²) < 4.78 is 14.0. The maximum Gasteiger partial charge on any atom is 0.418 e. The lowest BCUT2D eigenvalue weighted by Gasteiger charge is -2.37. The quantitative estimate of drug-likeness (QED) is 0.320. The summed E-state index contributed by atoms with van der Waals surface area (Å²) in [5.41, 5.74) is 4.88. The highest BCUT2D eigenvalue weighted by Crippen LogP contribution is 2.37. The van der Waals surface area contributed by atoms with Crippen LogP contribution in [0, 0.1) is 0 Å². The van der Waals surface area contributed by atoms with E-state index in [0.29, 0.717) is 23.4 Å².